The molecule has 5 nitrogen and oxygen atoms in total. The first-order chi connectivity index (χ1) is 9.54. The van der Waals surface area contributed by atoms with Crippen LogP contribution in [0.1, 0.15) is 24.8 Å². The SMILES string of the molecule is NCC1(Cc2cc(F)ccc2[N+](=O)[O-])CC2CCC1O2. The highest BCUT2D eigenvalue weighted by Gasteiger charge is 2.51. The first-order valence-electron chi connectivity index (χ1n) is 6.82. The van der Waals surface area contributed by atoms with Crippen LogP contribution in [0.3, 0.4) is 0 Å². The zero-order valence-corrected chi connectivity index (χ0v) is 11.0. The molecule has 2 aliphatic rings. The number of benzene rings is 1. The fraction of sp³-hybridized carbons (Fsp3) is 0.571. The lowest BCUT2D eigenvalue weighted by atomic mass is 9.70. The van der Waals surface area contributed by atoms with Gasteiger partial charge in [-0.05, 0) is 37.8 Å². The summed E-state index contributed by atoms with van der Waals surface area (Å²) in [4.78, 5) is 10.6. The van der Waals surface area contributed by atoms with E-state index in [1.807, 2.05) is 0 Å². The van der Waals surface area contributed by atoms with E-state index >= 15 is 0 Å². The Morgan fingerprint density at radius 3 is 2.85 bits per heavy atom. The number of nitrogens with two attached hydrogens (primary N) is 1. The summed E-state index contributed by atoms with van der Waals surface area (Å²) in [6.45, 7) is 0.405. The Bertz CT molecular complexity index is 551. The number of fused-ring (bicyclic) bond motifs is 2. The fourth-order valence-electron chi connectivity index (χ4n) is 3.62. The number of rotatable bonds is 4. The molecule has 6 heteroatoms. The van der Waals surface area contributed by atoms with Crippen molar-refractivity contribution in [1.82, 2.24) is 0 Å². The standard InChI is InChI=1S/C14H17FN2O3/c15-10-1-3-12(17(18)19)9(5-10)6-14(8-16)7-11-2-4-13(14)20-11/h1,3,5,11,13H,2,4,6-8,16H2. The van der Waals surface area contributed by atoms with Crippen LogP contribution in [0.5, 0.6) is 0 Å². The average Bonchev–Trinajstić information content (AvgIpc) is 2.99. The molecule has 0 radical (unpaired) electrons. The van der Waals surface area contributed by atoms with Gasteiger partial charge >= 0.3 is 0 Å². The number of nitrogens with zero attached hydrogens (tertiary/aromatic N) is 1. The summed E-state index contributed by atoms with van der Waals surface area (Å²) in [5, 5.41) is 11.1. The molecule has 20 heavy (non-hydrogen) atoms. The molecule has 3 unspecified atom stereocenters. The molecule has 1 aromatic rings. The highest BCUT2D eigenvalue weighted by atomic mass is 19.1. The lowest BCUT2D eigenvalue weighted by Gasteiger charge is -2.34. The predicted octanol–water partition coefficient (Wildman–Crippen LogP) is 2.17. The summed E-state index contributed by atoms with van der Waals surface area (Å²) in [5.41, 5.74) is 6.01. The van der Waals surface area contributed by atoms with E-state index < -0.39 is 10.7 Å². The first-order valence-corrected chi connectivity index (χ1v) is 6.82. The van der Waals surface area contributed by atoms with Crippen LogP contribution >= 0.6 is 0 Å². The molecule has 3 atom stereocenters. The van der Waals surface area contributed by atoms with Crippen molar-refractivity contribution in [1.29, 1.82) is 0 Å². The predicted molar refractivity (Wildman–Crippen MR) is 70.8 cm³/mol. The highest BCUT2D eigenvalue weighted by molar-refractivity contribution is 5.41. The minimum absolute atomic E-state index is 0.0398. The summed E-state index contributed by atoms with van der Waals surface area (Å²) < 4.78 is 19.3. The van der Waals surface area contributed by atoms with Crippen molar-refractivity contribution in [2.75, 3.05) is 6.54 Å². The van der Waals surface area contributed by atoms with Crippen molar-refractivity contribution in [3.8, 4) is 0 Å². The zero-order valence-electron chi connectivity index (χ0n) is 11.0. The van der Waals surface area contributed by atoms with Crippen LogP contribution in [-0.4, -0.2) is 23.7 Å². The molecule has 0 aliphatic carbocycles. The maximum atomic E-state index is 13.4. The second-order valence-electron chi connectivity index (χ2n) is 5.80. The highest BCUT2D eigenvalue weighted by Crippen LogP contribution is 2.49. The quantitative estimate of drug-likeness (QED) is 0.677. The van der Waals surface area contributed by atoms with E-state index in [-0.39, 0.29) is 23.3 Å². The lowest BCUT2D eigenvalue weighted by Crippen LogP contribution is -2.41. The van der Waals surface area contributed by atoms with E-state index in [0.717, 1.165) is 25.3 Å². The summed E-state index contributed by atoms with van der Waals surface area (Å²) in [6.07, 6.45) is 3.42. The van der Waals surface area contributed by atoms with Crippen molar-refractivity contribution in [2.45, 2.75) is 37.9 Å². The van der Waals surface area contributed by atoms with Gasteiger partial charge in [-0.15, -0.1) is 0 Å². The largest absolute Gasteiger partial charge is 0.374 e. The van der Waals surface area contributed by atoms with Gasteiger partial charge < -0.3 is 10.5 Å². The van der Waals surface area contributed by atoms with E-state index in [9.17, 15) is 14.5 Å². The molecular formula is C14H17FN2O3. The topological polar surface area (TPSA) is 78.4 Å². The van der Waals surface area contributed by atoms with Crippen LogP contribution in [0.15, 0.2) is 18.2 Å². The molecule has 2 heterocycles. The van der Waals surface area contributed by atoms with Crippen LogP contribution in [0.25, 0.3) is 0 Å². The van der Waals surface area contributed by atoms with Gasteiger partial charge in [0.1, 0.15) is 5.82 Å². The number of ether oxygens (including phenoxy) is 1. The Morgan fingerprint density at radius 1 is 1.50 bits per heavy atom. The molecule has 1 aromatic carbocycles. The van der Waals surface area contributed by atoms with Crippen LogP contribution in [0.2, 0.25) is 0 Å². The van der Waals surface area contributed by atoms with Crippen molar-refractivity contribution in [3.05, 3.63) is 39.7 Å². The monoisotopic (exact) mass is 280 g/mol. The molecular weight excluding hydrogens is 263 g/mol. The zero-order chi connectivity index (χ0) is 14.3. The smallest absolute Gasteiger partial charge is 0.272 e. The Balaban J connectivity index is 1.94. The molecule has 2 bridgehead atoms. The van der Waals surface area contributed by atoms with Crippen molar-refractivity contribution in [3.63, 3.8) is 0 Å². The van der Waals surface area contributed by atoms with Gasteiger partial charge in [0.05, 0.1) is 17.1 Å². The van der Waals surface area contributed by atoms with Gasteiger partial charge in [0.15, 0.2) is 0 Å². The van der Waals surface area contributed by atoms with Crippen LogP contribution < -0.4 is 5.73 Å². The summed E-state index contributed by atoms with van der Waals surface area (Å²) >= 11 is 0. The Hall–Kier alpha value is -1.53. The molecule has 2 fully saturated rings. The number of halogens is 1. The molecule has 0 amide bonds. The average molecular weight is 280 g/mol. The van der Waals surface area contributed by atoms with Gasteiger partial charge in [0, 0.05) is 23.6 Å². The molecule has 0 saturated carbocycles. The van der Waals surface area contributed by atoms with Gasteiger partial charge in [-0.3, -0.25) is 10.1 Å². The Morgan fingerprint density at radius 2 is 2.30 bits per heavy atom. The second kappa shape index (κ2) is 4.79. The van der Waals surface area contributed by atoms with Crippen LogP contribution in [-0.2, 0) is 11.2 Å². The summed E-state index contributed by atoms with van der Waals surface area (Å²) in [6, 6.07) is 3.60. The maximum absolute atomic E-state index is 13.4. The van der Waals surface area contributed by atoms with Crippen LogP contribution in [0, 0.1) is 21.3 Å². The van der Waals surface area contributed by atoms with Crippen molar-refractivity contribution in [2.24, 2.45) is 11.1 Å². The third kappa shape index (κ3) is 2.09. The Labute approximate surface area is 116 Å². The minimum Gasteiger partial charge on any atom is -0.374 e. The summed E-state index contributed by atoms with van der Waals surface area (Å²) in [7, 11) is 0. The first kappa shape index (κ1) is 13.5. The molecule has 2 saturated heterocycles. The fourth-order valence-corrected chi connectivity index (χ4v) is 3.62. The maximum Gasteiger partial charge on any atom is 0.272 e. The minimum atomic E-state index is -0.465. The third-order valence-corrected chi connectivity index (χ3v) is 4.61. The van der Waals surface area contributed by atoms with E-state index in [0.29, 0.717) is 18.5 Å². The van der Waals surface area contributed by atoms with Crippen molar-refractivity contribution >= 4 is 5.69 Å². The number of nitro groups is 1. The normalized spacial score (nSPS) is 31.7. The van der Waals surface area contributed by atoms with Gasteiger partial charge in [0.2, 0.25) is 0 Å². The van der Waals surface area contributed by atoms with Gasteiger partial charge in [0.25, 0.3) is 5.69 Å². The van der Waals surface area contributed by atoms with Gasteiger partial charge in [-0.2, -0.15) is 0 Å². The van der Waals surface area contributed by atoms with Gasteiger partial charge in [-0.25, -0.2) is 4.39 Å². The van der Waals surface area contributed by atoms with Crippen LogP contribution in [0.4, 0.5) is 10.1 Å². The second-order valence-corrected chi connectivity index (χ2v) is 5.80. The van der Waals surface area contributed by atoms with Crippen molar-refractivity contribution < 1.29 is 14.1 Å². The number of nitro benzene ring substituents is 1. The van der Waals surface area contributed by atoms with E-state index in [4.69, 9.17) is 10.5 Å². The molecule has 0 spiro atoms. The molecule has 2 aliphatic heterocycles. The van der Waals surface area contributed by atoms with E-state index in [2.05, 4.69) is 0 Å². The van der Waals surface area contributed by atoms with E-state index in [1.54, 1.807) is 0 Å². The molecule has 0 aromatic heterocycles. The Kier molecular flexibility index (Phi) is 3.22. The molecule has 108 valence electrons. The summed E-state index contributed by atoms with van der Waals surface area (Å²) in [5.74, 6) is -0.457. The number of hydrogen-bond donors (Lipinski definition) is 1. The lowest BCUT2D eigenvalue weighted by molar-refractivity contribution is -0.385. The third-order valence-electron chi connectivity index (χ3n) is 4.61. The van der Waals surface area contributed by atoms with Gasteiger partial charge in [-0.1, -0.05) is 0 Å². The number of hydrogen-bond acceptors (Lipinski definition) is 4. The van der Waals surface area contributed by atoms with E-state index in [1.165, 1.54) is 12.1 Å². The molecule has 3 rings (SSSR count). The molecule has 2 N–H and O–H groups in total.